The van der Waals surface area contributed by atoms with Crippen LogP contribution in [0, 0.1) is 0 Å². The lowest BCUT2D eigenvalue weighted by Crippen LogP contribution is -3.00. The van der Waals surface area contributed by atoms with Gasteiger partial charge in [-0.3, -0.25) is 0 Å². The second-order valence-electron chi connectivity index (χ2n) is 7.67. The highest BCUT2D eigenvalue weighted by Crippen LogP contribution is 2.44. The molecule has 2 aromatic carbocycles. The van der Waals surface area contributed by atoms with Gasteiger partial charge in [0.1, 0.15) is 12.6 Å². The van der Waals surface area contributed by atoms with E-state index in [4.69, 9.17) is 18.9 Å². The van der Waals surface area contributed by atoms with E-state index in [1.54, 1.807) is 28.4 Å². The van der Waals surface area contributed by atoms with E-state index >= 15 is 0 Å². The summed E-state index contributed by atoms with van der Waals surface area (Å²) < 4.78 is 22.9. The molecule has 0 bridgehead atoms. The maximum atomic E-state index is 5.57. The highest BCUT2D eigenvalue weighted by atomic mass is 127. The molecule has 158 valence electrons. The van der Waals surface area contributed by atoms with Crippen molar-refractivity contribution in [3.05, 3.63) is 53.1 Å². The Morgan fingerprint density at radius 3 is 1.83 bits per heavy atom. The SMILES string of the molecule is C=Cc1cc(OC)c(OC)cc1C1Cc2cc(OC)c(OC)cc2C[N+]1(C)C.[I-]. The lowest BCUT2D eigenvalue weighted by Gasteiger charge is -2.43. The van der Waals surface area contributed by atoms with Gasteiger partial charge in [-0.15, -0.1) is 0 Å². The summed E-state index contributed by atoms with van der Waals surface area (Å²) in [6.45, 7) is 4.91. The number of rotatable bonds is 6. The molecule has 5 nitrogen and oxygen atoms in total. The molecule has 0 fully saturated rings. The summed E-state index contributed by atoms with van der Waals surface area (Å²) in [5.74, 6) is 3.00. The van der Waals surface area contributed by atoms with Crippen molar-refractivity contribution in [1.29, 1.82) is 0 Å². The normalized spacial score (nSPS) is 16.8. The van der Waals surface area contributed by atoms with Crippen molar-refractivity contribution in [2.24, 2.45) is 0 Å². The van der Waals surface area contributed by atoms with Gasteiger partial charge in [0.05, 0.1) is 42.5 Å². The largest absolute Gasteiger partial charge is 1.00 e. The molecule has 0 radical (unpaired) electrons. The lowest BCUT2D eigenvalue weighted by molar-refractivity contribution is -0.936. The Balaban J connectivity index is 0.00000300. The molecule has 0 aliphatic carbocycles. The molecule has 1 aliphatic heterocycles. The first kappa shape index (κ1) is 23.3. The quantitative estimate of drug-likeness (QED) is 0.432. The Bertz CT molecular complexity index is 895. The molecule has 3 rings (SSSR count). The summed E-state index contributed by atoms with van der Waals surface area (Å²) in [6.07, 6.45) is 2.78. The number of methoxy groups -OCH3 is 4. The van der Waals surface area contributed by atoms with Gasteiger partial charge in [0, 0.05) is 17.5 Å². The molecule has 0 aromatic heterocycles. The van der Waals surface area contributed by atoms with Crippen LogP contribution in [0.15, 0.2) is 30.8 Å². The number of benzene rings is 2. The Morgan fingerprint density at radius 1 is 0.828 bits per heavy atom. The van der Waals surface area contributed by atoms with Gasteiger partial charge in [-0.2, -0.15) is 0 Å². The van der Waals surface area contributed by atoms with E-state index in [9.17, 15) is 0 Å². The minimum absolute atomic E-state index is 0. The van der Waals surface area contributed by atoms with Gasteiger partial charge in [0.2, 0.25) is 0 Å². The third-order valence-electron chi connectivity index (χ3n) is 5.71. The summed E-state index contributed by atoms with van der Waals surface area (Å²) in [5, 5.41) is 0. The molecule has 6 heteroatoms. The Hall–Kier alpha value is -1.93. The second-order valence-corrected chi connectivity index (χ2v) is 7.67. The number of nitrogens with zero attached hydrogens (tertiary/aromatic N) is 1. The molecule has 0 N–H and O–H groups in total. The summed E-state index contributed by atoms with van der Waals surface area (Å²) in [6, 6.07) is 8.55. The summed E-state index contributed by atoms with van der Waals surface area (Å²) in [4.78, 5) is 0. The first-order chi connectivity index (χ1) is 13.4. The maximum absolute atomic E-state index is 5.57. The molecule has 2 aromatic rings. The van der Waals surface area contributed by atoms with Crippen molar-refractivity contribution in [3.63, 3.8) is 0 Å². The number of fused-ring (bicyclic) bond motifs is 1. The van der Waals surface area contributed by atoms with E-state index in [2.05, 4.69) is 38.9 Å². The van der Waals surface area contributed by atoms with E-state index in [1.165, 1.54) is 16.7 Å². The Labute approximate surface area is 190 Å². The first-order valence-corrected chi connectivity index (χ1v) is 9.33. The molecular weight excluding hydrogens is 481 g/mol. The van der Waals surface area contributed by atoms with Crippen molar-refractivity contribution in [2.45, 2.75) is 19.0 Å². The highest BCUT2D eigenvalue weighted by molar-refractivity contribution is 5.60. The van der Waals surface area contributed by atoms with Crippen LogP contribution in [-0.4, -0.2) is 47.0 Å². The molecule has 1 aliphatic rings. The van der Waals surface area contributed by atoms with Crippen molar-refractivity contribution in [2.75, 3.05) is 42.5 Å². The second kappa shape index (κ2) is 9.26. The van der Waals surface area contributed by atoms with Crippen LogP contribution in [0.5, 0.6) is 23.0 Å². The molecule has 1 unspecified atom stereocenters. The summed E-state index contributed by atoms with van der Waals surface area (Å²) in [5.41, 5.74) is 4.85. The van der Waals surface area contributed by atoms with E-state index in [-0.39, 0.29) is 30.0 Å². The zero-order chi connectivity index (χ0) is 20.5. The molecule has 29 heavy (non-hydrogen) atoms. The molecule has 1 atom stereocenters. The average Bonchev–Trinajstić information content (AvgIpc) is 2.70. The minimum atomic E-state index is 0. The summed E-state index contributed by atoms with van der Waals surface area (Å²) in [7, 11) is 11.2. The van der Waals surface area contributed by atoms with Gasteiger partial charge in [0.25, 0.3) is 0 Å². The van der Waals surface area contributed by atoms with E-state index < -0.39 is 0 Å². The van der Waals surface area contributed by atoms with Crippen LogP contribution in [-0.2, 0) is 13.0 Å². The fourth-order valence-corrected chi connectivity index (χ4v) is 4.17. The Kier molecular flexibility index (Phi) is 7.45. The molecule has 0 spiro atoms. The third kappa shape index (κ3) is 4.33. The van der Waals surface area contributed by atoms with Gasteiger partial charge in [-0.1, -0.05) is 12.7 Å². The predicted octanol–water partition coefficient (Wildman–Crippen LogP) is 1.24. The topological polar surface area (TPSA) is 36.9 Å². The van der Waals surface area contributed by atoms with Crippen LogP contribution in [0.25, 0.3) is 6.08 Å². The van der Waals surface area contributed by atoms with Gasteiger partial charge in [0.15, 0.2) is 23.0 Å². The highest BCUT2D eigenvalue weighted by Gasteiger charge is 2.38. The monoisotopic (exact) mass is 511 g/mol. The fraction of sp³-hybridized carbons (Fsp3) is 0.391. The zero-order valence-electron chi connectivity index (χ0n) is 18.0. The van der Waals surface area contributed by atoms with Gasteiger partial charge < -0.3 is 47.4 Å². The third-order valence-corrected chi connectivity index (χ3v) is 5.71. The van der Waals surface area contributed by atoms with Crippen molar-refractivity contribution in [3.8, 4) is 23.0 Å². The van der Waals surface area contributed by atoms with Crippen LogP contribution < -0.4 is 42.9 Å². The number of halogens is 1. The number of quaternary nitrogens is 1. The standard InChI is InChI=1S/C23H30NO4.HI/c1-8-15-10-20(25-4)23(28-7)13-18(15)19-9-16-11-21(26-5)22(27-6)12-17(16)14-24(19,2)3;/h8,10-13,19H,1,9,14H2,2-7H3;1H/q+1;/p-1. The Morgan fingerprint density at radius 2 is 1.31 bits per heavy atom. The van der Waals surface area contributed by atoms with E-state index in [1.807, 2.05) is 12.1 Å². The van der Waals surface area contributed by atoms with E-state index in [0.717, 1.165) is 40.3 Å². The number of hydrogen-bond acceptors (Lipinski definition) is 4. The van der Waals surface area contributed by atoms with Gasteiger partial charge in [-0.05, 0) is 35.4 Å². The van der Waals surface area contributed by atoms with Crippen LogP contribution in [0.2, 0.25) is 0 Å². The summed E-state index contributed by atoms with van der Waals surface area (Å²) >= 11 is 0. The predicted molar refractivity (Wildman–Crippen MR) is 111 cm³/mol. The van der Waals surface area contributed by atoms with Crippen LogP contribution in [0.1, 0.15) is 28.3 Å². The average molecular weight is 511 g/mol. The zero-order valence-corrected chi connectivity index (χ0v) is 20.2. The number of ether oxygens (including phenoxy) is 4. The first-order valence-electron chi connectivity index (χ1n) is 9.33. The van der Waals surface area contributed by atoms with Crippen LogP contribution in [0.3, 0.4) is 0 Å². The number of likely N-dealkylation sites (N-methyl/N-ethyl adjacent to an activating group) is 1. The van der Waals surface area contributed by atoms with E-state index in [0.29, 0.717) is 5.75 Å². The molecule has 1 heterocycles. The molecule has 0 saturated heterocycles. The van der Waals surface area contributed by atoms with Crippen molar-refractivity contribution in [1.82, 2.24) is 0 Å². The van der Waals surface area contributed by atoms with Crippen molar-refractivity contribution >= 4 is 6.08 Å². The van der Waals surface area contributed by atoms with Crippen LogP contribution in [0.4, 0.5) is 0 Å². The minimum Gasteiger partial charge on any atom is -1.00 e. The van der Waals surface area contributed by atoms with Crippen LogP contribution >= 0.6 is 0 Å². The molecular formula is C23H30INO4. The van der Waals surface area contributed by atoms with Crippen molar-refractivity contribution < 1.29 is 47.4 Å². The lowest BCUT2D eigenvalue weighted by atomic mass is 9.86. The maximum Gasteiger partial charge on any atom is 0.161 e. The molecule has 0 amide bonds. The fourth-order valence-electron chi connectivity index (χ4n) is 4.17. The smallest absolute Gasteiger partial charge is 0.161 e. The number of hydrogen-bond donors (Lipinski definition) is 0. The van der Waals surface area contributed by atoms with Gasteiger partial charge >= 0.3 is 0 Å². The van der Waals surface area contributed by atoms with Gasteiger partial charge in [-0.25, -0.2) is 0 Å². The molecule has 0 saturated carbocycles.